The molecule has 1 amide bonds. The number of amides is 1. The summed E-state index contributed by atoms with van der Waals surface area (Å²) in [5, 5.41) is 9.75. The van der Waals surface area contributed by atoms with Crippen LogP contribution < -0.4 is 0 Å². The number of rotatable bonds is 5. The van der Waals surface area contributed by atoms with Crippen molar-refractivity contribution in [2.24, 2.45) is 11.3 Å². The fraction of sp³-hybridized carbons (Fsp3) is 0.391. The van der Waals surface area contributed by atoms with Gasteiger partial charge in [-0.2, -0.15) is 0 Å². The van der Waals surface area contributed by atoms with Crippen molar-refractivity contribution in [2.45, 2.75) is 33.1 Å². The summed E-state index contributed by atoms with van der Waals surface area (Å²) in [5.74, 6) is -1.47. The average Bonchev–Trinajstić information content (AvgIpc) is 2.68. The van der Waals surface area contributed by atoms with Crippen LogP contribution in [0, 0.1) is 17.2 Å². The zero-order chi connectivity index (χ0) is 20.3. The van der Waals surface area contributed by atoms with E-state index in [2.05, 4.69) is 0 Å². The number of halogens is 1. The van der Waals surface area contributed by atoms with E-state index in [4.69, 9.17) is 0 Å². The fourth-order valence-electron chi connectivity index (χ4n) is 4.18. The molecule has 0 aliphatic carbocycles. The van der Waals surface area contributed by atoms with Gasteiger partial charge in [-0.3, -0.25) is 9.59 Å². The van der Waals surface area contributed by atoms with Crippen molar-refractivity contribution >= 4 is 11.9 Å². The van der Waals surface area contributed by atoms with Crippen LogP contribution in [0.1, 0.15) is 43.5 Å². The summed E-state index contributed by atoms with van der Waals surface area (Å²) in [5.41, 5.74) is 0.591. The van der Waals surface area contributed by atoms with Gasteiger partial charge in [0.2, 0.25) is 0 Å². The second-order valence-corrected chi connectivity index (χ2v) is 8.00. The van der Waals surface area contributed by atoms with Crippen LogP contribution in [0.4, 0.5) is 4.39 Å². The Morgan fingerprint density at radius 2 is 1.71 bits per heavy atom. The summed E-state index contributed by atoms with van der Waals surface area (Å²) in [6.07, 6.45) is 1.36. The number of hydrogen-bond acceptors (Lipinski definition) is 2. The molecule has 1 aliphatic heterocycles. The number of aliphatic carboxylic acids is 1. The van der Waals surface area contributed by atoms with Crippen molar-refractivity contribution in [3.63, 3.8) is 0 Å². The Hall–Kier alpha value is -2.69. The highest BCUT2D eigenvalue weighted by molar-refractivity contribution is 6.01. The van der Waals surface area contributed by atoms with Gasteiger partial charge in [0, 0.05) is 13.1 Å². The molecule has 2 aromatic rings. The van der Waals surface area contributed by atoms with E-state index in [0.717, 1.165) is 5.56 Å². The second-order valence-electron chi connectivity index (χ2n) is 8.00. The molecule has 5 heteroatoms. The van der Waals surface area contributed by atoms with Crippen LogP contribution in [-0.2, 0) is 4.79 Å². The molecule has 3 rings (SSSR count). The lowest BCUT2D eigenvalue weighted by atomic mass is 9.72. The van der Waals surface area contributed by atoms with E-state index in [0.29, 0.717) is 37.9 Å². The predicted octanol–water partition coefficient (Wildman–Crippen LogP) is 4.85. The number of piperidine rings is 1. The molecule has 1 aliphatic rings. The highest BCUT2D eigenvalue weighted by Crippen LogP contribution is 2.39. The van der Waals surface area contributed by atoms with Gasteiger partial charge in [-0.1, -0.05) is 56.3 Å². The van der Waals surface area contributed by atoms with E-state index in [1.165, 1.54) is 6.07 Å². The van der Waals surface area contributed by atoms with Crippen molar-refractivity contribution in [1.82, 2.24) is 4.90 Å². The third kappa shape index (κ3) is 3.93. The van der Waals surface area contributed by atoms with Gasteiger partial charge >= 0.3 is 5.97 Å². The van der Waals surface area contributed by atoms with Crippen molar-refractivity contribution in [2.75, 3.05) is 13.1 Å². The van der Waals surface area contributed by atoms with E-state index in [1.807, 2.05) is 44.2 Å². The molecule has 148 valence electrons. The van der Waals surface area contributed by atoms with Crippen LogP contribution in [0.2, 0.25) is 0 Å². The SMILES string of the molecule is CC(C)CC1(C(=O)O)CCN(C(=O)c2c(F)cccc2-c2ccccc2)CC1. The number of likely N-dealkylation sites (tertiary alicyclic amines) is 1. The molecule has 2 aromatic carbocycles. The van der Waals surface area contributed by atoms with Gasteiger partial charge in [-0.15, -0.1) is 0 Å². The zero-order valence-corrected chi connectivity index (χ0v) is 16.3. The molecular formula is C23H26FNO3. The lowest BCUT2D eigenvalue weighted by Gasteiger charge is -2.40. The maximum atomic E-state index is 14.7. The predicted molar refractivity (Wildman–Crippen MR) is 106 cm³/mol. The molecule has 0 unspecified atom stereocenters. The van der Waals surface area contributed by atoms with Gasteiger partial charge in [-0.25, -0.2) is 4.39 Å². The Morgan fingerprint density at radius 1 is 1.07 bits per heavy atom. The fourth-order valence-corrected chi connectivity index (χ4v) is 4.18. The Balaban J connectivity index is 1.86. The highest BCUT2D eigenvalue weighted by atomic mass is 19.1. The van der Waals surface area contributed by atoms with Crippen molar-refractivity contribution in [3.8, 4) is 11.1 Å². The van der Waals surface area contributed by atoms with Gasteiger partial charge in [0.25, 0.3) is 5.91 Å². The number of carbonyl (C=O) groups excluding carboxylic acids is 1. The smallest absolute Gasteiger partial charge is 0.309 e. The number of hydrogen-bond donors (Lipinski definition) is 1. The van der Waals surface area contributed by atoms with Crippen LogP contribution in [0.5, 0.6) is 0 Å². The summed E-state index contributed by atoms with van der Waals surface area (Å²) in [4.78, 5) is 26.6. The summed E-state index contributed by atoms with van der Waals surface area (Å²) >= 11 is 0. The minimum absolute atomic E-state index is 0.0559. The van der Waals surface area contributed by atoms with Gasteiger partial charge < -0.3 is 10.0 Å². The Bertz CT molecular complexity index is 855. The zero-order valence-electron chi connectivity index (χ0n) is 16.3. The number of nitrogens with zero attached hydrogens (tertiary/aromatic N) is 1. The number of carbonyl (C=O) groups is 2. The molecule has 1 fully saturated rings. The second kappa shape index (κ2) is 8.13. The maximum Gasteiger partial charge on any atom is 0.309 e. The lowest BCUT2D eigenvalue weighted by Crippen LogP contribution is -2.47. The number of benzene rings is 2. The van der Waals surface area contributed by atoms with Gasteiger partial charge in [0.15, 0.2) is 0 Å². The van der Waals surface area contributed by atoms with E-state index >= 15 is 0 Å². The minimum atomic E-state index is -0.803. The molecule has 0 aromatic heterocycles. The molecule has 0 spiro atoms. The normalized spacial score (nSPS) is 16.2. The quantitative estimate of drug-likeness (QED) is 0.803. The Morgan fingerprint density at radius 3 is 2.29 bits per heavy atom. The molecule has 1 N–H and O–H groups in total. The van der Waals surface area contributed by atoms with Crippen molar-refractivity contribution in [1.29, 1.82) is 0 Å². The first-order valence-electron chi connectivity index (χ1n) is 9.71. The third-order valence-electron chi connectivity index (χ3n) is 5.57. The first-order valence-corrected chi connectivity index (χ1v) is 9.71. The molecule has 1 heterocycles. The number of carboxylic acids is 1. The Labute approximate surface area is 165 Å². The van der Waals surface area contributed by atoms with Crippen molar-refractivity contribution in [3.05, 3.63) is 59.9 Å². The third-order valence-corrected chi connectivity index (χ3v) is 5.57. The van der Waals surface area contributed by atoms with Gasteiger partial charge in [-0.05, 0) is 42.4 Å². The number of carboxylic acid groups (broad SMARTS) is 1. The topological polar surface area (TPSA) is 57.6 Å². The first kappa shape index (κ1) is 20.1. The van der Waals surface area contributed by atoms with Crippen LogP contribution in [0.25, 0.3) is 11.1 Å². The molecule has 28 heavy (non-hydrogen) atoms. The average molecular weight is 383 g/mol. The van der Waals surface area contributed by atoms with E-state index in [-0.39, 0.29) is 17.4 Å². The van der Waals surface area contributed by atoms with E-state index in [9.17, 15) is 19.1 Å². The summed E-state index contributed by atoms with van der Waals surface area (Å²) in [7, 11) is 0. The molecule has 4 nitrogen and oxygen atoms in total. The van der Waals surface area contributed by atoms with Crippen LogP contribution in [-0.4, -0.2) is 35.0 Å². The standard InChI is InChI=1S/C23H26FNO3/c1-16(2)15-23(22(27)28)11-13-25(14-12-23)21(26)20-18(9-6-10-19(20)24)17-7-4-3-5-8-17/h3-10,16H,11-15H2,1-2H3,(H,27,28). The van der Waals surface area contributed by atoms with Crippen LogP contribution in [0.3, 0.4) is 0 Å². The summed E-state index contributed by atoms with van der Waals surface area (Å²) in [6, 6.07) is 13.9. The largest absolute Gasteiger partial charge is 0.481 e. The molecule has 0 saturated carbocycles. The minimum Gasteiger partial charge on any atom is -0.481 e. The molecule has 0 bridgehead atoms. The highest BCUT2D eigenvalue weighted by Gasteiger charge is 2.43. The van der Waals surface area contributed by atoms with E-state index < -0.39 is 17.2 Å². The van der Waals surface area contributed by atoms with Crippen LogP contribution in [0.15, 0.2) is 48.5 Å². The van der Waals surface area contributed by atoms with Gasteiger partial charge in [0.1, 0.15) is 5.82 Å². The molecule has 0 atom stereocenters. The lowest BCUT2D eigenvalue weighted by molar-refractivity contribution is -0.153. The van der Waals surface area contributed by atoms with E-state index in [1.54, 1.807) is 17.0 Å². The maximum absolute atomic E-state index is 14.7. The molecular weight excluding hydrogens is 357 g/mol. The monoisotopic (exact) mass is 383 g/mol. The van der Waals surface area contributed by atoms with Gasteiger partial charge in [0.05, 0.1) is 11.0 Å². The molecule has 1 saturated heterocycles. The Kier molecular flexibility index (Phi) is 5.82. The van der Waals surface area contributed by atoms with Crippen LogP contribution >= 0.6 is 0 Å². The first-order chi connectivity index (χ1) is 13.3. The summed E-state index contributed by atoms with van der Waals surface area (Å²) < 4.78 is 14.7. The van der Waals surface area contributed by atoms with Crippen molar-refractivity contribution < 1.29 is 19.1 Å². The molecule has 0 radical (unpaired) electrons. The summed E-state index contributed by atoms with van der Waals surface area (Å²) in [6.45, 7) is 4.65.